The van der Waals surface area contributed by atoms with Crippen molar-refractivity contribution in [2.24, 2.45) is 0 Å². The lowest BCUT2D eigenvalue weighted by Gasteiger charge is -2.19. The molecule has 0 aliphatic rings. The van der Waals surface area contributed by atoms with E-state index in [0.717, 1.165) is 16.9 Å². The van der Waals surface area contributed by atoms with Crippen LogP contribution in [0.15, 0.2) is 73.1 Å². The molecule has 0 radical (unpaired) electrons. The zero-order valence-corrected chi connectivity index (χ0v) is 24.5. The lowest BCUT2D eigenvalue weighted by molar-refractivity contribution is -0.385. The third-order valence-electron chi connectivity index (χ3n) is 6.11. The van der Waals surface area contributed by atoms with Crippen molar-refractivity contribution >= 4 is 11.4 Å². The second-order valence-corrected chi connectivity index (χ2v) is 11.7. The topological polar surface area (TPSA) is 113 Å². The van der Waals surface area contributed by atoms with Gasteiger partial charge in [0.25, 0.3) is 5.69 Å². The summed E-state index contributed by atoms with van der Waals surface area (Å²) in [6.45, 7) is 16.6. The fourth-order valence-corrected chi connectivity index (χ4v) is 3.72. The highest BCUT2D eigenvalue weighted by Crippen LogP contribution is 2.31. The molecular weight excluding hydrogens is 504 g/mol. The maximum absolute atomic E-state index is 10.7. The third-order valence-corrected chi connectivity index (χ3v) is 6.11. The molecule has 0 bridgehead atoms. The van der Waals surface area contributed by atoms with Crippen LogP contribution in [0.1, 0.15) is 63.8 Å². The molecule has 2 heterocycles. The number of aryl methyl sites for hydroxylation is 2. The lowest BCUT2D eigenvalue weighted by Crippen LogP contribution is -2.10. The van der Waals surface area contributed by atoms with Gasteiger partial charge in [0.15, 0.2) is 0 Å². The van der Waals surface area contributed by atoms with Gasteiger partial charge in [-0.1, -0.05) is 65.8 Å². The van der Waals surface area contributed by atoms with Gasteiger partial charge in [0.2, 0.25) is 11.8 Å². The van der Waals surface area contributed by atoms with Crippen molar-refractivity contribution in [1.29, 1.82) is 0 Å². The Balaban J connectivity index is 0.000000222. The average molecular weight is 543 g/mol. The molecule has 8 heteroatoms. The van der Waals surface area contributed by atoms with Gasteiger partial charge in [-0.2, -0.15) is 0 Å². The van der Waals surface area contributed by atoms with Crippen LogP contribution in [0.4, 0.5) is 11.4 Å². The fraction of sp³-hybridized carbons (Fsp3) is 0.312. The minimum atomic E-state index is -0.468. The molecule has 8 nitrogen and oxygen atoms in total. The number of nitrogen functional groups attached to an aromatic ring is 1. The van der Waals surface area contributed by atoms with Crippen LogP contribution in [0, 0.1) is 24.0 Å². The Bertz CT molecular complexity index is 1490. The monoisotopic (exact) mass is 542 g/mol. The molecule has 210 valence electrons. The smallest absolute Gasteiger partial charge is 0.288 e. The highest BCUT2D eigenvalue weighted by molar-refractivity contribution is 5.44. The molecular formula is C32H38N4O4. The number of pyridine rings is 2. The van der Waals surface area contributed by atoms with Crippen LogP contribution < -0.4 is 15.2 Å². The van der Waals surface area contributed by atoms with Crippen molar-refractivity contribution in [3.8, 4) is 23.3 Å². The van der Waals surface area contributed by atoms with E-state index in [1.807, 2.05) is 49.4 Å². The summed E-state index contributed by atoms with van der Waals surface area (Å²) in [6, 6.07) is 19.2. The van der Waals surface area contributed by atoms with Crippen LogP contribution >= 0.6 is 0 Å². The van der Waals surface area contributed by atoms with E-state index in [4.69, 9.17) is 15.2 Å². The Labute approximate surface area is 236 Å². The second-order valence-electron chi connectivity index (χ2n) is 11.7. The van der Waals surface area contributed by atoms with E-state index in [1.54, 1.807) is 13.1 Å². The van der Waals surface area contributed by atoms with Crippen molar-refractivity contribution in [2.45, 2.75) is 66.2 Å². The van der Waals surface area contributed by atoms with Gasteiger partial charge in [-0.05, 0) is 66.1 Å². The summed E-state index contributed by atoms with van der Waals surface area (Å²) in [5, 5.41) is 10.7. The molecule has 0 aliphatic carbocycles. The van der Waals surface area contributed by atoms with Crippen molar-refractivity contribution in [3.05, 3.63) is 105 Å². The molecule has 0 saturated heterocycles. The Hall–Kier alpha value is -4.46. The first-order chi connectivity index (χ1) is 18.6. The van der Waals surface area contributed by atoms with Gasteiger partial charge in [-0.15, -0.1) is 0 Å². The van der Waals surface area contributed by atoms with Gasteiger partial charge in [-0.25, -0.2) is 9.97 Å². The molecule has 4 aromatic rings. The predicted molar refractivity (Wildman–Crippen MR) is 159 cm³/mol. The Morgan fingerprint density at radius 1 is 0.725 bits per heavy atom. The van der Waals surface area contributed by atoms with Crippen molar-refractivity contribution < 1.29 is 14.4 Å². The van der Waals surface area contributed by atoms with Crippen LogP contribution in [-0.2, 0) is 10.8 Å². The van der Waals surface area contributed by atoms with Crippen LogP contribution in [0.2, 0.25) is 0 Å². The van der Waals surface area contributed by atoms with E-state index in [2.05, 4.69) is 63.6 Å². The fourth-order valence-electron chi connectivity index (χ4n) is 3.72. The van der Waals surface area contributed by atoms with Crippen LogP contribution in [0.25, 0.3) is 0 Å². The molecule has 40 heavy (non-hydrogen) atoms. The average Bonchev–Trinajstić information content (AvgIpc) is 2.87. The first-order valence-electron chi connectivity index (χ1n) is 13.0. The van der Waals surface area contributed by atoms with Gasteiger partial charge in [0, 0.05) is 17.2 Å². The maximum atomic E-state index is 10.7. The number of nitro groups is 1. The van der Waals surface area contributed by atoms with E-state index in [-0.39, 0.29) is 16.5 Å². The largest absolute Gasteiger partial charge is 0.439 e. The van der Waals surface area contributed by atoms with E-state index in [9.17, 15) is 10.1 Å². The van der Waals surface area contributed by atoms with Crippen LogP contribution in [0.3, 0.4) is 0 Å². The highest BCUT2D eigenvalue weighted by Gasteiger charge is 2.16. The zero-order chi connectivity index (χ0) is 29.7. The molecule has 2 N–H and O–H groups in total. The van der Waals surface area contributed by atoms with E-state index in [0.29, 0.717) is 28.8 Å². The molecule has 0 aliphatic heterocycles. The second kappa shape index (κ2) is 12.2. The molecule has 0 fully saturated rings. The SMILES string of the molecule is Cc1cc(N)cnc1Oc1cccc(C(C)(C)C)c1.Cc1cc([N+](=O)[O-])cnc1Oc1cccc(C(C)(C)C)c1. The highest BCUT2D eigenvalue weighted by atomic mass is 16.6. The summed E-state index contributed by atoms with van der Waals surface area (Å²) in [6.07, 6.45) is 2.81. The predicted octanol–water partition coefficient (Wildman–Crippen LogP) is 8.45. The normalized spacial score (nSPS) is 11.3. The van der Waals surface area contributed by atoms with Gasteiger partial charge in [-0.3, -0.25) is 10.1 Å². The standard InChI is InChI=1S/C16H18N2O3.C16H20N2O/c1-11-8-13(18(19)20)10-17-15(11)21-14-7-5-6-12(9-14)16(2,3)4;1-11-8-13(17)10-18-15(11)19-14-7-5-6-12(9-14)16(2,3)4/h5-10H,1-4H3;5-10H,17H2,1-4H3. The number of rotatable bonds is 5. The molecule has 0 spiro atoms. The van der Waals surface area contributed by atoms with Gasteiger partial charge in [0.1, 0.15) is 17.7 Å². The number of nitrogens with zero attached hydrogens (tertiary/aromatic N) is 3. The van der Waals surface area contributed by atoms with E-state index in [1.165, 1.54) is 17.8 Å². The van der Waals surface area contributed by atoms with Crippen LogP contribution in [-0.4, -0.2) is 14.9 Å². The first-order valence-corrected chi connectivity index (χ1v) is 13.0. The Kier molecular flexibility index (Phi) is 9.14. The number of aromatic nitrogens is 2. The van der Waals surface area contributed by atoms with Crippen molar-refractivity contribution in [3.63, 3.8) is 0 Å². The van der Waals surface area contributed by atoms with E-state index >= 15 is 0 Å². The number of hydrogen-bond acceptors (Lipinski definition) is 7. The molecule has 2 aromatic heterocycles. The maximum Gasteiger partial charge on any atom is 0.288 e. The third kappa shape index (κ3) is 8.27. The lowest BCUT2D eigenvalue weighted by atomic mass is 9.87. The van der Waals surface area contributed by atoms with Crippen molar-refractivity contribution in [2.75, 3.05) is 5.73 Å². The molecule has 2 aromatic carbocycles. The number of hydrogen-bond donors (Lipinski definition) is 1. The molecule has 0 saturated carbocycles. The molecule has 0 amide bonds. The number of benzene rings is 2. The van der Waals surface area contributed by atoms with Gasteiger partial charge in [0.05, 0.1) is 16.8 Å². The zero-order valence-electron chi connectivity index (χ0n) is 24.5. The Morgan fingerprint density at radius 3 is 1.57 bits per heavy atom. The minimum Gasteiger partial charge on any atom is -0.439 e. The van der Waals surface area contributed by atoms with Gasteiger partial charge < -0.3 is 15.2 Å². The molecule has 0 atom stereocenters. The molecule has 0 unspecified atom stereocenters. The summed E-state index contributed by atoms with van der Waals surface area (Å²) >= 11 is 0. The summed E-state index contributed by atoms with van der Waals surface area (Å²) < 4.78 is 11.6. The summed E-state index contributed by atoms with van der Waals surface area (Å²) in [4.78, 5) is 18.5. The van der Waals surface area contributed by atoms with Crippen molar-refractivity contribution in [1.82, 2.24) is 9.97 Å². The summed E-state index contributed by atoms with van der Waals surface area (Å²) in [5.41, 5.74) is 10.4. The number of anilines is 1. The molecule has 4 rings (SSSR count). The summed E-state index contributed by atoms with van der Waals surface area (Å²) in [5.74, 6) is 2.45. The van der Waals surface area contributed by atoms with Crippen LogP contribution in [0.5, 0.6) is 23.3 Å². The quantitative estimate of drug-likeness (QED) is 0.199. The number of ether oxygens (including phenoxy) is 2. The Morgan fingerprint density at radius 2 is 1.18 bits per heavy atom. The van der Waals surface area contributed by atoms with Gasteiger partial charge >= 0.3 is 0 Å². The van der Waals surface area contributed by atoms with E-state index < -0.39 is 4.92 Å². The number of nitrogens with two attached hydrogens (primary N) is 1. The first kappa shape index (κ1) is 30.1. The summed E-state index contributed by atoms with van der Waals surface area (Å²) in [7, 11) is 0. The minimum absolute atomic E-state index is 0.0251.